The van der Waals surface area contributed by atoms with Gasteiger partial charge in [0.2, 0.25) is 5.91 Å². The van der Waals surface area contributed by atoms with Crippen molar-refractivity contribution >= 4 is 5.91 Å². The Bertz CT molecular complexity index is 786. The van der Waals surface area contributed by atoms with E-state index >= 15 is 0 Å². The van der Waals surface area contributed by atoms with Crippen LogP contribution in [-0.4, -0.2) is 34.9 Å². The van der Waals surface area contributed by atoms with Gasteiger partial charge in [-0.2, -0.15) is 0 Å². The highest BCUT2D eigenvalue weighted by Crippen LogP contribution is 2.14. The van der Waals surface area contributed by atoms with Crippen LogP contribution in [0.2, 0.25) is 0 Å². The van der Waals surface area contributed by atoms with Gasteiger partial charge in [0.05, 0.1) is 18.8 Å². The average Bonchev–Trinajstić information content (AvgIpc) is 3.10. The summed E-state index contributed by atoms with van der Waals surface area (Å²) in [7, 11) is 0. The maximum Gasteiger partial charge on any atom is 0.220 e. The summed E-state index contributed by atoms with van der Waals surface area (Å²) in [5, 5.41) is 22.9. The minimum Gasteiger partial charge on any atom is -0.394 e. The molecule has 286 valence electrons. The Morgan fingerprint density at radius 3 is 1.31 bits per heavy atom. The summed E-state index contributed by atoms with van der Waals surface area (Å²) in [6.45, 7) is 4.27. The van der Waals surface area contributed by atoms with Gasteiger partial charge in [-0.05, 0) is 64.2 Å². The van der Waals surface area contributed by atoms with Crippen LogP contribution in [0.4, 0.5) is 0 Å². The van der Waals surface area contributed by atoms with Crippen LogP contribution < -0.4 is 5.32 Å². The maximum atomic E-state index is 12.4. The zero-order chi connectivity index (χ0) is 35.7. The molecular formula is C45H83NO3. The molecule has 0 aromatic heterocycles. The number of allylic oxidation sites excluding steroid dienone is 7. The maximum absolute atomic E-state index is 12.4. The van der Waals surface area contributed by atoms with Crippen molar-refractivity contribution in [3.05, 3.63) is 48.6 Å². The number of hydrogen-bond donors (Lipinski definition) is 3. The lowest BCUT2D eigenvalue weighted by atomic mass is 10.0. The third kappa shape index (κ3) is 37.4. The Morgan fingerprint density at radius 2 is 0.857 bits per heavy atom. The number of carbonyl (C=O) groups excluding carboxylic acids is 1. The fourth-order valence-corrected chi connectivity index (χ4v) is 6.22. The third-order valence-corrected chi connectivity index (χ3v) is 9.53. The largest absolute Gasteiger partial charge is 0.394 e. The van der Waals surface area contributed by atoms with Crippen molar-refractivity contribution in [1.29, 1.82) is 0 Å². The zero-order valence-electron chi connectivity index (χ0n) is 32.7. The van der Waals surface area contributed by atoms with E-state index in [9.17, 15) is 15.0 Å². The van der Waals surface area contributed by atoms with Crippen molar-refractivity contribution in [3.63, 3.8) is 0 Å². The van der Waals surface area contributed by atoms with Gasteiger partial charge in [0.15, 0.2) is 0 Å². The van der Waals surface area contributed by atoms with Crippen LogP contribution in [0.25, 0.3) is 0 Å². The molecule has 2 atom stereocenters. The SMILES string of the molecule is CCCCCCC/C=C\C/C=C\CCCCCCCCCCCCCC(=O)NC(CO)C(O)/C=C/CC/C=C/CCCCCCCCCC. The van der Waals surface area contributed by atoms with Crippen molar-refractivity contribution in [2.24, 2.45) is 0 Å². The molecule has 0 saturated heterocycles. The Hall–Kier alpha value is -1.65. The molecule has 0 heterocycles. The summed E-state index contributed by atoms with van der Waals surface area (Å²) in [6.07, 6.45) is 55.0. The third-order valence-electron chi connectivity index (χ3n) is 9.53. The highest BCUT2D eigenvalue weighted by Gasteiger charge is 2.17. The van der Waals surface area contributed by atoms with Crippen LogP contribution in [0, 0.1) is 0 Å². The zero-order valence-corrected chi connectivity index (χ0v) is 32.7. The van der Waals surface area contributed by atoms with Gasteiger partial charge in [-0.15, -0.1) is 0 Å². The van der Waals surface area contributed by atoms with Crippen LogP contribution >= 0.6 is 0 Å². The molecule has 49 heavy (non-hydrogen) atoms. The molecule has 0 spiro atoms. The average molecular weight is 686 g/mol. The monoisotopic (exact) mass is 686 g/mol. The van der Waals surface area contributed by atoms with E-state index in [2.05, 4.69) is 55.6 Å². The van der Waals surface area contributed by atoms with Crippen LogP contribution in [-0.2, 0) is 4.79 Å². The molecule has 0 aliphatic heterocycles. The summed E-state index contributed by atoms with van der Waals surface area (Å²) < 4.78 is 0. The fourth-order valence-electron chi connectivity index (χ4n) is 6.22. The summed E-state index contributed by atoms with van der Waals surface area (Å²) in [4.78, 5) is 12.4. The normalized spacial score (nSPS) is 13.5. The van der Waals surface area contributed by atoms with E-state index in [0.29, 0.717) is 6.42 Å². The summed E-state index contributed by atoms with van der Waals surface area (Å²) in [5.41, 5.74) is 0. The predicted molar refractivity (Wildman–Crippen MR) is 216 cm³/mol. The van der Waals surface area contributed by atoms with Gasteiger partial charge in [-0.3, -0.25) is 4.79 Å². The van der Waals surface area contributed by atoms with Crippen molar-refractivity contribution in [2.45, 2.75) is 225 Å². The number of amides is 1. The first-order chi connectivity index (χ1) is 24.2. The second kappa shape index (κ2) is 40.8. The molecule has 0 radical (unpaired) electrons. The number of unbranched alkanes of at least 4 members (excludes halogenated alkanes) is 25. The van der Waals surface area contributed by atoms with Gasteiger partial charge < -0.3 is 15.5 Å². The first-order valence-electron chi connectivity index (χ1n) is 21.4. The Labute approximate surface area is 305 Å². The standard InChI is InChI=1S/C45H83NO3/c1-3-5-7-9-11-13-15-17-19-20-21-22-23-24-25-26-27-29-31-33-35-37-39-41-45(49)46-43(42-47)44(48)40-38-36-34-32-30-28-18-16-14-12-10-8-6-4-2/h15,17,20-21,30,32,38,40,43-44,47-48H,3-14,16,18-19,22-29,31,33-37,39,41-42H2,1-2H3,(H,46,49)/b17-15-,21-20-,32-30+,40-38+. The van der Waals surface area contributed by atoms with E-state index in [4.69, 9.17) is 0 Å². The van der Waals surface area contributed by atoms with Crippen LogP contribution in [0.1, 0.15) is 213 Å². The van der Waals surface area contributed by atoms with Crippen molar-refractivity contribution < 1.29 is 15.0 Å². The molecule has 1 amide bonds. The van der Waals surface area contributed by atoms with Gasteiger partial charge in [0, 0.05) is 6.42 Å². The second-order valence-corrected chi connectivity index (χ2v) is 14.4. The lowest BCUT2D eigenvalue weighted by Gasteiger charge is -2.19. The first kappa shape index (κ1) is 47.4. The predicted octanol–water partition coefficient (Wildman–Crippen LogP) is 13.2. The molecule has 4 nitrogen and oxygen atoms in total. The molecule has 4 heteroatoms. The summed E-state index contributed by atoms with van der Waals surface area (Å²) in [5.74, 6) is -0.0776. The fraction of sp³-hybridized carbons (Fsp3) is 0.800. The molecular weight excluding hydrogens is 602 g/mol. The van der Waals surface area contributed by atoms with E-state index in [1.54, 1.807) is 6.08 Å². The molecule has 0 aliphatic carbocycles. The van der Waals surface area contributed by atoms with E-state index in [1.165, 1.54) is 154 Å². The minimum atomic E-state index is -0.862. The Kier molecular flexibility index (Phi) is 39.4. The Morgan fingerprint density at radius 1 is 0.490 bits per heavy atom. The summed E-state index contributed by atoms with van der Waals surface area (Å²) >= 11 is 0. The second-order valence-electron chi connectivity index (χ2n) is 14.4. The van der Waals surface area contributed by atoms with Crippen molar-refractivity contribution in [2.75, 3.05) is 6.61 Å². The first-order valence-corrected chi connectivity index (χ1v) is 21.4. The minimum absolute atomic E-state index is 0.0776. The van der Waals surface area contributed by atoms with Gasteiger partial charge in [-0.1, -0.05) is 191 Å². The topological polar surface area (TPSA) is 69.6 Å². The number of aliphatic hydroxyl groups excluding tert-OH is 2. The molecule has 0 aliphatic rings. The van der Waals surface area contributed by atoms with Crippen molar-refractivity contribution in [3.8, 4) is 0 Å². The smallest absolute Gasteiger partial charge is 0.220 e. The van der Waals surface area contributed by atoms with Gasteiger partial charge in [0.25, 0.3) is 0 Å². The lowest BCUT2D eigenvalue weighted by molar-refractivity contribution is -0.123. The molecule has 3 N–H and O–H groups in total. The molecule has 0 fully saturated rings. The number of carbonyl (C=O) groups is 1. The molecule has 2 unspecified atom stereocenters. The van der Waals surface area contributed by atoms with E-state index < -0.39 is 12.1 Å². The van der Waals surface area contributed by atoms with Crippen molar-refractivity contribution in [1.82, 2.24) is 5.32 Å². The van der Waals surface area contributed by atoms with Crippen LogP contribution in [0.15, 0.2) is 48.6 Å². The van der Waals surface area contributed by atoms with Gasteiger partial charge in [-0.25, -0.2) is 0 Å². The van der Waals surface area contributed by atoms with Crippen LogP contribution in [0.5, 0.6) is 0 Å². The number of aliphatic hydroxyl groups is 2. The van der Waals surface area contributed by atoms with Crippen LogP contribution in [0.3, 0.4) is 0 Å². The molecule has 0 aromatic rings. The van der Waals surface area contributed by atoms with E-state index in [0.717, 1.165) is 38.5 Å². The molecule has 0 bridgehead atoms. The van der Waals surface area contributed by atoms with E-state index in [1.807, 2.05) is 6.08 Å². The highest BCUT2D eigenvalue weighted by atomic mass is 16.3. The lowest BCUT2D eigenvalue weighted by Crippen LogP contribution is -2.45. The highest BCUT2D eigenvalue weighted by molar-refractivity contribution is 5.76. The molecule has 0 saturated carbocycles. The number of nitrogens with one attached hydrogen (secondary N) is 1. The molecule has 0 rings (SSSR count). The van der Waals surface area contributed by atoms with Gasteiger partial charge >= 0.3 is 0 Å². The summed E-state index contributed by atoms with van der Waals surface area (Å²) in [6, 6.07) is -0.639. The van der Waals surface area contributed by atoms with Gasteiger partial charge in [0.1, 0.15) is 0 Å². The number of hydrogen-bond acceptors (Lipinski definition) is 3. The van der Waals surface area contributed by atoms with E-state index in [-0.39, 0.29) is 12.5 Å². The quantitative estimate of drug-likeness (QED) is 0.0447. The Balaban J connectivity index is 3.60. The molecule has 0 aromatic carbocycles. The number of rotatable bonds is 38.